The van der Waals surface area contributed by atoms with E-state index in [-0.39, 0.29) is 29.4 Å². The number of phenolic OH excluding ortho intramolecular Hbond substituents is 1. The van der Waals surface area contributed by atoms with Crippen molar-refractivity contribution in [3.8, 4) is 23.0 Å². The second-order valence-corrected chi connectivity index (χ2v) is 7.05. The van der Waals surface area contributed by atoms with Crippen LogP contribution in [0.4, 0.5) is 11.4 Å². The van der Waals surface area contributed by atoms with Crippen LogP contribution in [-0.2, 0) is 6.42 Å². The third-order valence-corrected chi connectivity index (χ3v) is 4.93. The van der Waals surface area contributed by atoms with Crippen LogP contribution in [0.3, 0.4) is 0 Å². The fourth-order valence-electron chi connectivity index (χ4n) is 3.23. The molecule has 1 heterocycles. The molecule has 0 bridgehead atoms. The van der Waals surface area contributed by atoms with E-state index in [1.165, 1.54) is 23.9 Å². The van der Waals surface area contributed by atoms with E-state index in [1.807, 2.05) is 30.3 Å². The normalized spacial score (nSPS) is 11.3. The zero-order chi connectivity index (χ0) is 22.7. The summed E-state index contributed by atoms with van der Waals surface area (Å²) >= 11 is 0. The van der Waals surface area contributed by atoms with Crippen molar-refractivity contribution in [2.75, 3.05) is 6.61 Å². The molecule has 0 radical (unpaired) electrons. The molecule has 0 atom stereocenters. The Morgan fingerprint density at radius 2 is 1.94 bits per heavy atom. The summed E-state index contributed by atoms with van der Waals surface area (Å²) in [6.07, 6.45) is 2.29. The van der Waals surface area contributed by atoms with Crippen LogP contribution in [-0.4, -0.2) is 27.8 Å². The SMILES string of the molecule is CCOc1cc([N+](=O)[O-])cc(C=Nc2ccc(-c3nc4cc(CC)ccc4o3)cc2)c1O. The molecule has 32 heavy (non-hydrogen) atoms. The number of hydrogen-bond acceptors (Lipinski definition) is 7. The topological polar surface area (TPSA) is 111 Å². The molecular weight excluding hydrogens is 410 g/mol. The number of nitro groups is 1. The van der Waals surface area contributed by atoms with Gasteiger partial charge in [0.25, 0.3) is 5.69 Å². The first kappa shape index (κ1) is 21.0. The Labute approximate surface area is 184 Å². The predicted octanol–water partition coefficient (Wildman–Crippen LogP) is 5.82. The van der Waals surface area contributed by atoms with Crippen molar-refractivity contribution < 1.29 is 19.2 Å². The minimum atomic E-state index is -0.544. The summed E-state index contributed by atoms with van der Waals surface area (Å²) in [5, 5.41) is 21.5. The van der Waals surface area contributed by atoms with Crippen LogP contribution in [0.5, 0.6) is 11.5 Å². The molecule has 0 saturated heterocycles. The van der Waals surface area contributed by atoms with Gasteiger partial charge in [0.15, 0.2) is 17.1 Å². The minimum Gasteiger partial charge on any atom is -0.504 e. The fourth-order valence-corrected chi connectivity index (χ4v) is 3.23. The Bertz CT molecular complexity index is 1310. The van der Waals surface area contributed by atoms with Gasteiger partial charge in [0.1, 0.15) is 5.52 Å². The number of aryl methyl sites for hydroxylation is 1. The number of nitro benzene ring substituents is 1. The van der Waals surface area contributed by atoms with Crippen molar-refractivity contribution in [1.82, 2.24) is 4.98 Å². The molecule has 1 N–H and O–H groups in total. The lowest BCUT2D eigenvalue weighted by Gasteiger charge is -2.07. The number of aromatic hydroxyl groups is 1. The second-order valence-electron chi connectivity index (χ2n) is 7.05. The van der Waals surface area contributed by atoms with Gasteiger partial charge in [0.05, 0.1) is 23.3 Å². The molecule has 0 aliphatic rings. The van der Waals surface area contributed by atoms with E-state index >= 15 is 0 Å². The van der Waals surface area contributed by atoms with E-state index in [1.54, 1.807) is 19.1 Å². The van der Waals surface area contributed by atoms with E-state index in [0.717, 1.165) is 23.1 Å². The van der Waals surface area contributed by atoms with Crippen LogP contribution in [0.25, 0.3) is 22.6 Å². The van der Waals surface area contributed by atoms with Crippen LogP contribution < -0.4 is 4.74 Å². The first-order valence-electron chi connectivity index (χ1n) is 10.2. The number of aliphatic imine (C=N–C) groups is 1. The van der Waals surface area contributed by atoms with Crippen molar-refractivity contribution in [1.29, 1.82) is 0 Å². The zero-order valence-electron chi connectivity index (χ0n) is 17.6. The number of aromatic nitrogens is 1. The van der Waals surface area contributed by atoms with Gasteiger partial charge in [-0.15, -0.1) is 0 Å². The van der Waals surface area contributed by atoms with Crippen LogP contribution in [0.1, 0.15) is 25.0 Å². The Kier molecular flexibility index (Phi) is 5.85. The highest BCUT2D eigenvalue weighted by Gasteiger charge is 2.16. The maximum absolute atomic E-state index is 11.2. The number of non-ortho nitro benzene ring substituents is 1. The van der Waals surface area contributed by atoms with E-state index < -0.39 is 4.92 Å². The summed E-state index contributed by atoms with van der Waals surface area (Å²) in [5.41, 5.74) is 4.14. The molecule has 0 saturated carbocycles. The molecule has 4 aromatic rings. The Balaban J connectivity index is 1.59. The maximum atomic E-state index is 11.2. The standard InChI is InChI=1S/C24H21N3O5/c1-3-15-5-10-21-20(11-15)26-24(32-21)16-6-8-18(9-7-16)25-14-17-12-19(27(29)30)13-22(23(17)28)31-4-2/h5-14,28H,3-4H2,1-2H3. The van der Waals surface area contributed by atoms with Crippen LogP contribution in [0, 0.1) is 10.1 Å². The minimum absolute atomic E-state index is 0.0423. The van der Waals surface area contributed by atoms with Crippen molar-refractivity contribution in [2.24, 2.45) is 4.99 Å². The van der Waals surface area contributed by atoms with E-state index in [9.17, 15) is 15.2 Å². The first-order valence-corrected chi connectivity index (χ1v) is 10.2. The molecule has 0 fully saturated rings. The lowest BCUT2D eigenvalue weighted by molar-refractivity contribution is -0.385. The third-order valence-electron chi connectivity index (χ3n) is 4.93. The average Bonchev–Trinajstić information content (AvgIpc) is 3.23. The van der Waals surface area contributed by atoms with Crippen LogP contribution >= 0.6 is 0 Å². The molecule has 1 aromatic heterocycles. The number of ether oxygens (including phenoxy) is 1. The average molecular weight is 431 g/mol. The van der Waals surface area contributed by atoms with Gasteiger partial charge in [-0.3, -0.25) is 15.1 Å². The molecule has 0 aliphatic heterocycles. The molecule has 3 aromatic carbocycles. The Morgan fingerprint density at radius 1 is 1.16 bits per heavy atom. The number of hydrogen-bond donors (Lipinski definition) is 1. The zero-order valence-corrected chi connectivity index (χ0v) is 17.6. The van der Waals surface area contributed by atoms with Crippen LogP contribution in [0.2, 0.25) is 0 Å². The van der Waals surface area contributed by atoms with Gasteiger partial charge in [-0.2, -0.15) is 0 Å². The largest absolute Gasteiger partial charge is 0.504 e. The molecule has 162 valence electrons. The monoisotopic (exact) mass is 431 g/mol. The molecule has 8 nitrogen and oxygen atoms in total. The van der Waals surface area contributed by atoms with Crippen molar-refractivity contribution in [3.05, 3.63) is 75.8 Å². The lowest BCUT2D eigenvalue weighted by Crippen LogP contribution is -1.97. The lowest BCUT2D eigenvalue weighted by atomic mass is 10.1. The number of benzene rings is 3. The van der Waals surface area contributed by atoms with Gasteiger partial charge in [0, 0.05) is 23.4 Å². The highest BCUT2D eigenvalue weighted by Crippen LogP contribution is 2.34. The molecule has 0 spiro atoms. The van der Waals surface area contributed by atoms with Crippen LogP contribution in [0.15, 0.2) is 64.0 Å². The van der Waals surface area contributed by atoms with Gasteiger partial charge in [-0.25, -0.2) is 4.98 Å². The summed E-state index contributed by atoms with van der Waals surface area (Å²) < 4.78 is 11.1. The number of rotatable bonds is 7. The van der Waals surface area contributed by atoms with E-state index in [0.29, 0.717) is 11.6 Å². The molecule has 8 heteroatoms. The summed E-state index contributed by atoms with van der Waals surface area (Å²) in [7, 11) is 0. The van der Waals surface area contributed by atoms with Gasteiger partial charge in [-0.05, 0) is 55.3 Å². The van der Waals surface area contributed by atoms with Gasteiger partial charge in [0.2, 0.25) is 5.89 Å². The molecule has 0 unspecified atom stereocenters. The van der Waals surface area contributed by atoms with Gasteiger partial charge in [-0.1, -0.05) is 13.0 Å². The Morgan fingerprint density at radius 3 is 2.62 bits per heavy atom. The number of nitrogens with zero attached hydrogens (tertiary/aromatic N) is 3. The number of oxazole rings is 1. The smallest absolute Gasteiger partial charge is 0.274 e. The summed E-state index contributed by atoms with van der Waals surface area (Å²) in [5.74, 6) is 0.359. The van der Waals surface area contributed by atoms with Gasteiger partial charge >= 0.3 is 0 Å². The Hall–Kier alpha value is -4.20. The fraction of sp³-hybridized carbons (Fsp3) is 0.167. The molecule has 0 amide bonds. The highest BCUT2D eigenvalue weighted by atomic mass is 16.6. The maximum Gasteiger partial charge on any atom is 0.274 e. The van der Waals surface area contributed by atoms with Crippen molar-refractivity contribution in [3.63, 3.8) is 0 Å². The predicted molar refractivity (Wildman–Crippen MR) is 122 cm³/mol. The summed E-state index contributed by atoms with van der Waals surface area (Å²) in [6, 6.07) is 15.6. The summed E-state index contributed by atoms with van der Waals surface area (Å²) in [4.78, 5) is 19.5. The van der Waals surface area contributed by atoms with Crippen molar-refractivity contribution in [2.45, 2.75) is 20.3 Å². The van der Waals surface area contributed by atoms with E-state index in [4.69, 9.17) is 9.15 Å². The first-order chi connectivity index (χ1) is 15.5. The second kappa shape index (κ2) is 8.89. The highest BCUT2D eigenvalue weighted by molar-refractivity contribution is 5.88. The third kappa shape index (κ3) is 4.29. The quantitative estimate of drug-likeness (QED) is 0.224. The number of phenols is 1. The van der Waals surface area contributed by atoms with Gasteiger partial charge < -0.3 is 14.3 Å². The van der Waals surface area contributed by atoms with E-state index in [2.05, 4.69) is 16.9 Å². The molecule has 0 aliphatic carbocycles. The summed E-state index contributed by atoms with van der Waals surface area (Å²) in [6.45, 7) is 4.09. The number of fused-ring (bicyclic) bond motifs is 1. The molecule has 4 rings (SSSR count). The molecular formula is C24H21N3O5. The van der Waals surface area contributed by atoms with Crippen molar-refractivity contribution >= 4 is 28.7 Å².